The van der Waals surface area contributed by atoms with E-state index in [0.29, 0.717) is 69.8 Å². The molecule has 2 saturated heterocycles. The van der Waals surface area contributed by atoms with Gasteiger partial charge in [-0.3, -0.25) is 23.4 Å². The number of carbonyl (C=O) groups excluding carboxylic acids is 7. The lowest BCUT2D eigenvalue weighted by Gasteiger charge is -2.42. The number of allylic oxidation sites excluding steroid dienone is 6. The van der Waals surface area contributed by atoms with Crippen molar-refractivity contribution in [2.24, 2.45) is 35.5 Å². The lowest BCUT2D eigenvalue weighted by Crippen LogP contribution is -2.61. The molecule has 0 aromatic heterocycles. The second-order valence-electron chi connectivity index (χ2n) is 22.9. The van der Waals surface area contributed by atoms with E-state index in [4.69, 9.17) is 33.2 Å². The third kappa shape index (κ3) is 19.6. The summed E-state index contributed by atoms with van der Waals surface area (Å²) in [5, 5.41) is 26.2. The van der Waals surface area contributed by atoms with E-state index in [9.17, 15) is 48.0 Å². The number of nitrogens with one attached hydrogen (secondary N) is 1. The minimum absolute atomic E-state index is 0.0155. The number of cyclic esters (lactones) is 1. The number of hydrogen-bond donors (Lipinski definition) is 3. The van der Waals surface area contributed by atoms with Crippen molar-refractivity contribution in [2.75, 3.05) is 46.5 Å². The number of esters is 2. The van der Waals surface area contributed by atoms with Crippen molar-refractivity contribution in [1.82, 2.24) is 10.2 Å². The maximum Gasteiger partial charge on any atom is 0.408 e. The number of piperidine rings is 1. The minimum atomic E-state index is -2.48. The summed E-state index contributed by atoms with van der Waals surface area (Å²) < 4.78 is 52.8. The fourth-order valence-electron chi connectivity index (χ4n) is 11.4. The molecule has 20 heteroatoms. The highest BCUT2D eigenvalue weighted by Crippen LogP contribution is 2.38. The molecule has 0 aromatic rings. The van der Waals surface area contributed by atoms with E-state index in [0.717, 1.165) is 10.5 Å². The molecule has 0 aromatic carbocycles. The molecule has 4 rings (SSSR count). The van der Waals surface area contributed by atoms with Crippen molar-refractivity contribution in [3.8, 4) is 0 Å². The number of aliphatic hydroxyl groups is 2. The van der Waals surface area contributed by atoms with Crippen LogP contribution < -0.4 is 5.32 Å². The summed E-state index contributed by atoms with van der Waals surface area (Å²) in [6, 6.07) is -2.28. The van der Waals surface area contributed by atoms with Crippen LogP contribution in [-0.2, 0) is 72.7 Å². The maximum atomic E-state index is 14.6. The Morgan fingerprint density at radius 2 is 1.62 bits per heavy atom. The van der Waals surface area contributed by atoms with Crippen molar-refractivity contribution < 1.29 is 81.1 Å². The van der Waals surface area contributed by atoms with E-state index in [-0.39, 0.29) is 68.0 Å². The van der Waals surface area contributed by atoms with Gasteiger partial charge in [0.25, 0.3) is 11.7 Å². The Bertz CT molecular complexity index is 2250. The van der Waals surface area contributed by atoms with Gasteiger partial charge in [-0.15, -0.1) is 0 Å². The molecule has 3 heterocycles. The molecule has 2 bridgehead atoms. The second kappa shape index (κ2) is 33.0. The normalized spacial score (nSPS) is 35.6. The first-order valence-corrected chi connectivity index (χ1v) is 30.5. The third-order valence-corrected chi connectivity index (χ3v) is 17.2. The molecule has 11 unspecified atom stereocenters. The van der Waals surface area contributed by atoms with Gasteiger partial charge >= 0.3 is 18.0 Å². The summed E-state index contributed by atoms with van der Waals surface area (Å²) in [7, 11) is 3.20. The number of rotatable bonds is 14. The van der Waals surface area contributed by atoms with Gasteiger partial charge in [0.15, 0.2) is 5.78 Å². The molecule has 4 aliphatic rings. The van der Waals surface area contributed by atoms with Crippen LogP contribution in [0, 0.1) is 35.5 Å². The van der Waals surface area contributed by atoms with Gasteiger partial charge in [-0.1, -0.05) is 78.0 Å². The molecule has 0 spiro atoms. The Kier molecular flexibility index (Phi) is 28.1. The predicted molar refractivity (Wildman–Crippen MR) is 301 cm³/mol. The van der Waals surface area contributed by atoms with Crippen LogP contribution in [-0.4, -0.2) is 168 Å². The number of carbonyl (C=O) groups is 7. The first kappa shape index (κ1) is 68.1. The molecular weight excluding hydrogens is 1050 g/mol. The van der Waals surface area contributed by atoms with Gasteiger partial charge in [0.2, 0.25) is 5.79 Å². The molecule has 80 heavy (non-hydrogen) atoms. The molecule has 1 saturated carbocycles. The van der Waals surface area contributed by atoms with Crippen LogP contribution in [0.4, 0.5) is 4.79 Å². The van der Waals surface area contributed by atoms with E-state index in [1.54, 1.807) is 40.9 Å². The third-order valence-electron chi connectivity index (χ3n) is 16.4. The van der Waals surface area contributed by atoms with Crippen LogP contribution in [0.3, 0.4) is 0 Å². The van der Waals surface area contributed by atoms with Crippen molar-refractivity contribution in [2.45, 2.75) is 206 Å². The molecule has 0 radical (unpaired) electrons. The van der Waals surface area contributed by atoms with Crippen LogP contribution in [0.15, 0.2) is 47.6 Å². The molecule has 17 atom stereocenters. The van der Waals surface area contributed by atoms with E-state index < -0.39 is 125 Å². The molecule has 452 valence electrons. The summed E-state index contributed by atoms with van der Waals surface area (Å²) in [5.74, 6) is -9.27. The zero-order valence-electron chi connectivity index (χ0n) is 49.5. The zero-order valence-corrected chi connectivity index (χ0v) is 50.3. The summed E-state index contributed by atoms with van der Waals surface area (Å²) in [5.41, 5.74) is 1.20. The number of nitrogens with zero attached hydrogens (tertiary/aromatic N) is 1. The van der Waals surface area contributed by atoms with Crippen molar-refractivity contribution >= 4 is 52.1 Å². The van der Waals surface area contributed by atoms with Gasteiger partial charge in [0.05, 0.1) is 24.9 Å². The lowest BCUT2D eigenvalue weighted by atomic mass is 9.78. The Balaban J connectivity index is 1.65. The zero-order chi connectivity index (χ0) is 59.4. The lowest BCUT2D eigenvalue weighted by molar-refractivity contribution is -0.265. The van der Waals surface area contributed by atoms with Gasteiger partial charge < -0.3 is 53.6 Å². The first-order chi connectivity index (χ1) is 37.9. The predicted octanol–water partition coefficient (Wildman–Crippen LogP) is 7.00. The van der Waals surface area contributed by atoms with Crippen molar-refractivity contribution in [3.05, 3.63) is 47.6 Å². The molecule has 3 N–H and O–H groups in total. The fourth-order valence-corrected chi connectivity index (χ4v) is 12.0. The highest BCUT2D eigenvalue weighted by atomic mass is 32.2. The van der Waals surface area contributed by atoms with E-state index in [1.807, 2.05) is 58.1 Å². The Morgan fingerprint density at radius 3 is 2.29 bits per heavy atom. The maximum absolute atomic E-state index is 14.6. The van der Waals surface area contributed by atoms with Crippen LogP contribution in [0.25, 0.3) is 0 Å². The largest absolute Gasteiger partial charge is 0.464 e. The van der Waals surface area contributed by atoms with Crippen molar-refractivity contribution in [3.63, 3.8) is 0 Å². The Hall–Kier alpha value is -4.44. The topological polar surface area (TPSA) is 257 Å². The number of ether oxygens (including phenoxy) is 7. The standard InChI is InChI=1S/C60H94N2O17S/c1-13-28-76-57(68)45(26-29-80(12)72)61-59(70)78-48-25-23-43(33-51(48)74-10)32-39(5)50-35-47(63)38(4)31-41(7)53(65)54(75-11)52(64)40(6)30-36(2)19-15-14-16-20-37(3)49(73-9)34-44-24-22-42(8)60(71,79-44)55(66)56(67)62-27-18-17-21-46(62)58(69)77-50/h14-16,19-20,31,36,38-40,42-46,48-51,53-54,65,71H,13,17-18,21-30,32-35H2,1-12H3,(H,61,70)/b16-14+,19-15-,37-20+,41-31+/t36?,38?,39?,40-,42-,43?,44?,45?,46+,48-,49?,50?,51?,53-,54?,60-,80?/m1/s1. The molecule has 3 aliphatic heterocycles. The molecule has 1 aliphatic carbocycles. The number of Topliss-reactive ketones (excluding diaryl/α,β-unsaturated/α-hetero) is 3. The van der Waals surface area contributed by atoms with Gasteiger partial charge in [-0.25, -0.2) is 14.4 Å². The second-order valence-corrected chi connectivity index (χ2v) is 24.5. The van der Waals surface area contributed by atoms with E-state index >= 15 is 0 Å². The number of aliphatic hydroxyl groups excluding tert-OH is 1. The summed E-state index contributed by atoms with van der Waals surface area (Å²) >= 11 is 0. The van der Waals surface area contributed by atoms with Crippen molar-refractivity contribution in [1.29, 1.82) is 0 Å². The quantitative estimate of drug-likeness (QED) is 0.0684. The van der Waals surface area contributed by atoms with Gasteiger partial charge in [0.1, 0.15) is 42.3 Å². The number of hydrogen-bond acceptors (Lipinski definition) is 17. The fraction of sp³-hybridized carbons (Fsp3) is 0.750. The molecular formula is C60H94N2O17S. The smallest absolute Gasteiger partial charge is 0.408 e. The van der Waals surface area contributed by atoms with Gasteiger partial charge in [-0.05, 0) is 120 Å². The molecule has 2 amide bonds. The van der Waals surface area contributed by atoms with Crippen LogP contribution in [0.2, 0.25) is 0 Å². The summed E-state index contributed by atoms with van der Waals surface area (Å²) in [6.07, 6.45) is 10.8. The highest BCUT2D eigenvalue weighted by Gasteiger charge is 2.53. The molecule has 19 nitrogen and oxygen atoms in total. The Labute approximate surface area is 477 Å². The number of amides is 2. The van der Waals surface area contributed by atoms with Crippen LogP contribution >= 0.6 is 0 Å². The first-order valence-electron chi connectivity index (χ1n) is 28.8. The summed E-state index contributed by atoms with van der Waals surface area (Å²) in [4.78, 5) is 98.9. The van der Waals surface area contributed by atoms with E-state index in [1.165, 1.54) is 20.5 Å². The number of alkyl carbamates (subject to hydrolysis) is 1. The van der Waals surface area contributed by atoms with Crippen LogP contribution in [0.5, 0.6) is 0 Å². The number of ketones is 3. The average molecular weight is 1150 g/mol. The van der Waals surface area contributed by atoms with Gasteiger partial charge in [-0.2, -0.15) is 0 Å². The summed E-state index contributed by atoms with van der Waals surface area (Å²) in [6.45, 7) is 14.5. The SMILES string of the molecule is CCCOC(=O)C(CCS(C)=O)NC(=O)O[C@@H]1CCC(CC(C)C2CC(=O)C(C)/C=C(\C)[C@@H](O)C(OC)C(=O)[C@H](C)CC(C)\C=C/C=C/C=C(\C)C(OC)CC3CC[C@@H](C)[C@@](O)(O3)C(=O)C(=O)N3CCCC[C@H]3C(=O)O2)CC1OC. The van der Waals surface area contributed by atoms with Crippen LogP contribution in [0.1, 0.15) is 145 Å². The minimum Gasteiger partial charge on any atom is -0.464 e. The monoisotopic (exact) mass is 1150 g/mol. The average Bonchev–Trinajstić information content (AvgIpc) is 3.56. The van der Waals surface area contributed by atoms with E-state index in [2.05, 4.69) is 5.32 Å². The molecule has 3 fully saturated rings. The number of fused-ring (bicyclic) bond motifs is 3. The number of methoxy groups -OCH3 is 3. The Morgan fingerprint density at radius 1 is 0.900 bits per heavy atom. The highest BCUT2D eigenvalue weighted by molar-refractivity contribution is 7.84. The van der Waals surface area contributed by atoms with Gasteiger partial charge in [0, 0.05) is 81.3 Å².